The Bertz CT molecular complexity index is 609. The van der Waals surface area contributed by atoms with E-state index < -0.39 is 0 Å². The molecule has 1 aromatic heterocycles. The summed E-state index contributed by atoms with van der Waals surface area (Å²) in [6, 6.07) is 5.52. The highest BCUT2D eigenvalue weighted by Crippen LogP contribution is 2.20. The fraction of sp³-hybridized carbons (Fsp3) is 0.429. The quantitative estimate of drug-likeness (QED) is 0.907. The van der Waals surface area contributed by atoms with Crippen LogP contribution in [0.2, 0.25) is 0 Å². The Kier molecular flexibility index (Phi) is 6.45. The number of amides is 1. The van der Waals surface area contributed by atoms with Gasteiger partial charge in [0.05, 0.1) is 0 Å². The molecule has 2 heterocycles. The van der Waals surface area contributed by atoms with Crippen LogP contribution in [0.1, 0.15) is 18.7 Å². The minimum atomic E-state index is 0. The van der Waals surface area contributed by atoms with Crippen molar-refractivity contribution in [2.45, 2.75) is 19.8 Å². The molecule has 116 valence electrons. The lowest BCUT2D eigenvalue weighted by molar-refractivity contribution is -0.116. The molecule has 1 aromatic carbocycles. The SMILES string of the molecule is Cc1nc2cc(NC(=O)CC3CCNC3)ccc2o1.Cl.Cl. The lowest BCUT2D eigenvalue weighted by Crippen LogP contribution is -2.18. The molecule has 2 aromatic rings. The Hall–Kier alpha value is -1.30. The first-order valence-corrected chi connectivity index (χ1v) is 6.58. The second kappa shape index (κ2) is 7.64. The van der Waals surface area contributed by atoms with Crippen molar-refractivity contribution < 1.29 is 9.21 Å². The molecule has 3 rings (SSSR count). The highest BCUT2D eigenvalue weighted by atomic mass is 35.5. The number of aromatic nitrogens is 1. The summed E-state index contributed by atoms with van der Waals surface area (Å²) in [5, 5.41) is 6.19. The van der Waals surface area contributed by atoms with Crippen LogP contribution in [0, 0.1) is 12.8 Å². The van der Waals surface area contributed by atoms with E-state index in [0.717, 1.165) is 36.3 Å². The zero-order chi connectivity index (χ0) is 13.2. The van der Waals surface area contributed by atoms with Gasteiger partial charge in [0.25, 0.3) is 0 Å². The summed E-state index contributed by atoms with van der Waals surface area (Å²) in [5.74, 6) is 1.15. The number of hydrogen-bond acceptors (Lipinski definition) is 4. The molecule has 1 saturated heterocycles. The summed E-state index contributed by atoms with van der Waals surface area (Å²) in [6.45, 7) is 3.77. The summed E-state index contributed by atoms with van der Waals surface area (Å²) in [5.41, 5.74) is 2.30. The van der Waals surface area contributed by atoms with Crippen molar-refractivity contribution in [2.75, 3.05) is 18.4 Å². The largest absolute Gasteiger partial charge is 0.441 e. The zero-order valence-corrected chi connectivity index (χ0v) is 13.4. The molecule has 21 heavy (non-hydrogen) atoms. The number of rotatable bonds is 3. The van der Waals surface area contributed by atoms with Crippen molar-refractivity contribution in [2.24, 2.45) is 5.92 Å². The van der Waals surface area contributed by atoms with Crippen molar-refractivity contribution in [3.63, 3.8) is 0 Å². The number of halogens is 2. The smallest absolute Gasteiger partial charge is 0.224 e. The summed E-state index contributed by atoms with van der Waals surface area (Å²) in [6.07, 6.45) is 1.65. The van der Waals surface area contributed by atoms with Gasteiger partial charge in [0.2, 0.25) is 5.91 Å². The van der Waals surface area contributed by atoms with Crippen molar-refractivity contribution in [1.29, 1.82) is 0 Å². The van der Waals surface area contributed by atoms with Crippen LogP contribution in [-0.4, -0.2) is 24.0 Å². The number of aryl methyl sites for hydroxylation is 1. The molecule has 5 nitrogen and oxygen atoms in total. The molecule has 1 atom stereocenters. The topological polar surface area (TPSA) is 67.2 Å². The number of anilines is 1. The van der Waals surface area contributed by atoms with Crippen molar-refractivity contribution >= 4 is 47.5 Å². The molecule has 2 N–H and O–H groups in total. The van der Waals surface area contributed by atoms with E-state index >= 15 is 0 Å². The predicted molar refractivity (Wildman–Crippen MR) is 87.5 cm³/mol. The fourth-order valence-electron chi connectivity index (χ4n) is 2.48. The fourth-order valence-corrected chi connectivity index (χ4v) is 2.48. The number of nitrogens with one attached hydrogen (secondary N) is 2. The third-order valence-corrected chi connectivity index (χ3v) is 3.41. The maximum atomic E-state index is 11.9. The first-order chi connectivity index (χ1) is 9.20. The van der Waals surface area contributed by atoms with Gasteiger partial charge in [0.1, 0.15) is 5.52 Å². The Morgan fingerprint density at radius 1 is 1.48 bits per heavy atom. The predicted octanol–water partition coefficient (Wildman–Crippen LogP) is 2.92. The molecule has 1 unspecified atom stereocenters. The second-order valence-electron chi connectivity index (χ2n) is 5.03. The van der Waals surface area contributed by atoms with Crippen molar-refractivity contribution in [3.8, 4) is 0 Å². The molecule has 0 aliphatic carbocycles. The van der Waals surface area contributed by atoms with Gasteiger partial charge in [-0.3, -0.25) is 4.79 Å². The molecular formula is C14H19Cl2N3O2. The van der Waals surface area contributed by atoms with Crippen LogP contribution in [0.4, 0.5) is 5.69 Å². The van der Waals surface area contributed by atoms with Gasteiger partial charge in [-0.2, -0.15) is 0 Å². The summed E-state index contributed by atoms with van der Waals surface area (Å²) in [7, 11) is 0. The van der Waals surface area contributed by atoms with Gasteiger partial charge in [0, 0.05) is 19.0 Å². The Labute approximate surface area is 135 Å². The van der Waals surface area contributed by atoms with Crippen LogP contribution in [0.25, 0.3) is 11.1 Å². The molecular weight excluding hydrogens is 313 g/mol. The van der Waals surface area contributed by atoms with E-state index in [0.29, 0.717) is 18.2 Å². The normalized spacial score (nSPS) is 17.1. The number of nitrogens with zero attached hydrogens (tertiary/aromatic N) is 1. The van der Waals surface area contributed by atoms with Crippen molar-refractivity contribution in [1.82, 2.24) is 10.3 Å². The first kappa shape index (κ1) is 17.8. The van der Waals surface area contributed by atoms with Gasteiger partial charge in [-0.05, 0) is 43.6 Å². The molecule has 0 bridgehead atoms. The summed E-state index contributed by atoms with van der Waals surface area (Å²) in [4.78, 5) is 16.2. The minimum absolute atomic E-state index is 0. The van der Waals surface area contributed by atoms with Gasteiger partial charge in [-0.15, -0.1) is 24.8 Å². The summed E-state index contributed by atoms with van der Waals surface area (Å²) < 4.78 is 5.40. The first-order valence-electron chi connectivity index (χ1n) is 6.58. The molecule has 0 spiro atoms. The van der Waals surface area contributed by atoms with Crippen LogP contribution in [0.3, 0.4) is 0 Å². The lowest BCUT2D eigenvalue weighted by atomic mass is 10.0. The molecule has 1 amide bonds. The number of hydrogen-bond donors (Lipinski definition) is 2. The number of carbonyl (C=O) groups is 1. The van der Waals surface area contributed by atoms with Crippen LogP contribution in [0.5, 0.6) is 0 Å². The number of benzene rings is 1. The Balaban J connectivity index is 0.00000110. The van der Waals surface area contributed by atoms with Gasteiger partial charge in [0.15, 0.2) is 11.5 Å². The highest BCUT2D eigenvalue weighted by Gasteiger charge is 2.18. The standard InChI is InChI=1S/C14H17N3O2.2ClH/c1-9-16-12-7-11(2-3-13(12)19-9)17-14(18)6-10-4-5-15-8-10;;/h2-3,7,10,15H,4-6,8H2,1H3,(H,17,18);2*1H. The Morgan fingerprint density at radius 3 is 3.00 bits per heavy atom. The van der Waals surface area contributed by atoms with E-state index in [9.17, 15) is 4.79 Å². The maximum absolute atomic E-state index is 11.9. The van der Waals surface area contributed by atoms with Crippen LogP contribution < -0.4 is 10.6 Å². The Morgan fingerprint density at radius 2 is 2.29 bits per heavy atom. The zero-order valence-electron chi connectivity index (χ0n) is 11.7. The molecule has 1 aliphatic rings. The molecule has 7 heteroatoms. The lowest BCUT2D eigenvalue weighted by Gasteiger charge is -2.08. The van der Waals surface area contributed by atoms with E-state index in [2.05, 4.69) is 15.6 Å². The number of fused-ring (bicyclic) bond motifs is 1. The number of carbonyl (C=O) groups excluding carboxylic acids is 1. The monoisotopic (exact) mass is 331 g/mol. The van der Waals surface area contributed by atoms with Gasteiger partial charge < -0.3 is 15.1 Å². The van der Waals surface area contributed by atoms with E-state index in [1.54, 1.807) is 0 Å². The highest BCUT2D eigenvalue weighted by molar-refractivity contribution is 5.92. The molecule has 1 aliphatic heterocycles. The third-order valence-electron chi connectivity index (χ3n) is 3.41. The van der Waals surface area contributed by atoms with Crippen LogP contribution in [-0.2, 0) is 4.79 Å². The molecule has 0 saturated carbocycles. The number of oxazole rings is 1. The van der Waals surface area contributed by atoms with E-state index in [4.69, 9.17) is 4.42 Å². The third kappa shape index (κ3) is 4.33. The van der Waals surface area contributed by atoms with Crippen molar-refractivity contribution in [3.05, 3.63) is 24.1 Å². The molecule has 0 radical (unpaired) electrons. The second-order valence-corrected chi connectivity index (χ2v) is 5.03. The summed E-state index contributed by atoms with van der Waals surface area (Å²) >= 11 is 0. The average molecular weight is 332 g/mol. The minimum Gasteiger partial charge on any atom is -0.441 e. The average Bonchev–Trinajstić information content (AvgIpc) is 2.96. The van der Waals surface area contributed by atoms with Gasteiger partial charge >= 0.3 is 0 Å². The van der Waals surface area contributed by atoms with Gasteiger partial charge in [-0.25, -0.2) is 4.98 Å². The maximum Gasteiger partial charge on any atom is 0.224 e. The van der Waals surface area contributed by atoms with Gasteiger partial charge in [-0.1, -0.05) is 0 Å². The van der Waals surface area contributed by atoms with Crippen LogP contribution >= 0.6 is 24.8 Å². The van der Waals surface area contributed by atoms with E-state index in [1.807, 2.05) is 25.1 Å². The molecule has 1 fully saturated rings. The van der Waals surface area contributed by atoms with E-state index in [1.165, 1.54) is 0 Å². The van der Waals surface area contributed by atoms with Crippen LogP contribution in [0.15, 0.2) is 22.6 Å². The van der Waals surface area contributed by atoms with E-state index in [-0.39, 0.29) is 30.7 Å².